The highest BCUT2D eigenvalue weighted by atomic mass is 16.5. The molecular formula is C10H10O4. The third-order valence-electron chi connectivity index (χ3n) is 2.30. The first-order valence-corrected chi connectivity index (χ1v) is 4.26. The lowest BCUT2D eigenvalue weighted by molar-refractivity contribution is -0.138. The van der Waals surface area contributed by atoms with Crippen LogP contribution in [0.2, 0.25) is 0 Å². The van der Waals surface area contributed by atoms with Crippen molar-refractivity contribution in [3.63, 3.8) is 0 Å². The van der Waals surface area contributed by atoms with E-state index in [0.29, 0.717) is 17.1 Å². The molecule has 1 N–H and O–H groups in total. The van der Waals surface area contributed by atoms with Gasteiger partial charge in [0, 0.05) is 5.56 Å². The molecule has 1 aromatic carbocycles. The molecule has 1 atom stereocenters. The molecule has 14 heavy (non-hydrogen) atoms. The van der Waals surface area contributed by atoms with Gasteiger partial charge in [-0.2, -0.15) is 0 Å². The summed E-state index contributed by atoms with van der Waals surface area (Å²) in [7, 11) is 1.53. The average molecular weight is 194 g/mol. The van der Waals surface area contributed by atoms with Crippen molar-refractivity contribution in [1.29, 1.82) is 0 Å². The van der Waals surface area contributed by atoms with Gasteiger partial charge in [0.25, 0.3) is 0 Å². The third kappa shape index (κ3) is 1.19. The van der Waals surface area contributed by atoms with Crippen LogP contribution in [0.1, 0.15) is 11.5 Å². The summed E-state index contributed by atoms with van der Waals surface area (Å²) in [6.45, 7) is 0.186. The Bertz CT molecular complexity index is 372. The summed E-state index contributed by atoms with van der Waals surface area (Å²) >= 11 is 0. The summed E-state index contributed by atoms with van der Waals surface area (Å²) in [5, 5.41) is 8.90. The predicted octanol–water partition coefficient (Wildman–Crippen LogP) is 1.26. The second-order valence-corrected chi connectivity index (χ2v) is 3.08. The van der Waals surface area contributed by atoms with Crippen LogP contribution in [0, 0.1) is 0 Å². The fourth-order valence-corrected chi connectivity index (χ4v) is 1.58. The number of carbonyl (C=O) groups is 1. The van der Waals surface area contributed by atoms with E-state index in [9.17, 15) is 4.79 Å². The molecule has 4 heteroatoms. The van der Waals surface area contributed by atoms with Gasteiger partial charge in [0.2, 0.25) is 0 Å². The Hall–Kier alpha value is -1.71. The van der Waals surface area contributed by atoms with Gasteiger partial charge in [-0.15, -0.1) is 0 Å². The van der Waals surface area contributed by atoms with Crippen LogP contribution in [0.4, 0.5) is 0 Å². The zero-order valence-corrected chi connectivity index (χ0v) is 7.69. The maximum absolute atomic E-state index is 10.8. The molecule has 1 unspecified atom stereocenters. The fourth-order valence-electron chi connectivity index (χ4n) is 1.58. The van der Waals surface area contributed by atoms with Crippen molar-refractivity contribution in [3.8, 4) is 11.5 Å². The van der Waals surface area contributed by atoms with Crippen LogP contribution in [-0.2, 0) is 4.79 Å². The number of carboxylic acid groups (broad SMARTS) is 1. The van der Waals surface area contributed by atoms with E-state index in [4.69, 9.17) is 14.6 Å². The first kappa shape index (κ1) is 8.87. The molecule has 0 radical (unpaired) electrons. The number of aliphatic carboxylic acids is 1. The van der Waals surface area contributed by atoms with Crippen molar-refractivity contribution in [3.05, 3.63) is 23.8 Å². The minimum absolute atomic E-state index is 0.186. The topological polar surface area (TPSA) is 55.8 Å². The molecule has 0 spiro atoms. The van der Waals surface area contributed by atoms with E-state index in [0.717, 1.165) is 0 Å². The number of rotatable bonds is 2. The van der Waals surface area contributed by atoms with Gasteiger partial charge in [-0.3, -0.25) is 4.79 Å². The molecule has 1 heterocycles. The van der Waals surface area contributed by atoms with Crippen LogP contribution < -0.4 is 9.47 Å². The van der Waals surface area contributed by atoms with E-state index < -0.39 is 11.9 Å². The van der Waals surface area contributed by atoms with Gasteiger partial charge in [0.05, 0.1) is 7.11 Å². The summed E-state index contributed by atoms with van der Waals surface area (Å²) in [5.74, 6) is -0.286. The molecule has 2 rings (SSSR count). The lowest BCUT2D eigenvalue weighted by Gasteiger charge is -2.05. The van der Waals surface area contributed by atoms with Crippen LogP contribution in [0.5, 0.6) is 11.5 Å². The predicted molar refractivity (Wildman–Crippen MR) is 48.9 cm³/mol. The van der Waals surface area contributed by atoms with Gasteiger partial charge in [0.15, 0.2) is 11.5 Å². The summed E-state index contributed by atoms with van der Waals surface area (Å²) < 4.78 is 10.4. The molecule has 0 saturated carbocycles. The van der Waals surface area contributed by atoms with Crippen molar-refractivity contribution in [2.24, 2.45) is 0 Å². The van der Waals surface area contributed by atoms with Gasteiger partial charge in [-0.05, 0) is 6.07 Å². The van der Waals surface area contributed by atoms with Gasteiger partial charge in [0.1, 0.15) is 12.5 Å². The lowest BCUT2D eigenvalue weighted by Crippen LogP contribution is -2.12. The fraction of sp³-hybridized carbons (Fsp3) is 0.300. The van der Waals surface area contributed by atoms with Crippen LogP contribution in [0.3, 0.4) is 0 Å². The number of hydrogen-bond acceptors (Lipinski definition) is 3. The van der Waals surface area contributed by atoms with Crippen molar-refractivity contribution in [1.82, 2.24) is 0 Å². The second-order valence-electron chi connectivity index (χ2n) is 3.08. The van der Waals surface area contributed by atoms with E-state index in [1.54, 1.807) is 18.2 Å². The Kier molecular flexibility index (Phi) is 2.04. The van der Waals surface area contributed by atoms with Crippen LogP contribution in [-0.4, -0.2) is 24.8 Å². The molecule has 0 fully saturated rings. The maximum atomic E-state index is 10.8. The summed E-state index contributed by atoms with van der Waals surface area (Å²) in [4.78, 5) is 10.8. The van der Waals surface area contributed by atoms with E-state index >= 15 is 0 Å². The van der Waals surface area contributed by atoms with Gasteiger partial charge >= 0.3 is 5.97 Å². The van der Waals surface area contributed by atoms with E-state index in [2.05, 4.69) is 0 Å². The average Bonchev–Trinajstić information content (AvgIpc) is 2.60. The van der Waals surface area contributed by atoms with E-state index in [1.165, 1.54) is 7.11 Å². The summed E-state index contributed by atoms with van der Waals surface area (Å²) in [6, 6.07) is 5.27. The second kappa shape index (κ2) is 3.21. The Morgan fingerprint density at radius 1 is 1.64 bits per heavy atom. The molecule has 0 amide bonds. The van der Waals surface area contributed by atoms with E-state index in [1.807, 2.05) is 0 Å². The largest absolute Gasteiger partial charge is 0.493 e. The highest BCUT2D eigenvalue weighted by Gasteiger charge is 2.32. The van der Waals surface area contributed by atoms with Gasteiger partial charge < -0.3 is 14.6 Å². The van der Waals surface area contributed by atoms with Crippen LogP contribution in [0.15, 0.2) is 18.2 Å². The molecular weight excluding hydrogens is 184 g/mol. The molecule has 0 saturated heterocycles. The van der Waals surface area contributed by atoms with Crippen molar-refractivity contribution < 1.29 is 19.4 Å². The van der Waals surface area contributed by atoms with Crippen LogP contribution in [0.25, 0.3) is 0 Å². The van der Waals surface area contributed by atoms with Crippen molar-refractivity contribution in [2.45, 2.75) is 5.92 Å². The third-order valence-corrected chi connectivity index (χ3v) is 2.30. The molecule has 0 bridgehead atoms. The Labute approximate surface area is 81.1 Å². The number of para-hydroxylation sites is 1. The SMILES string of the molecule is COc1cccc2c1OCC2C(=O)O. The molecule has 0 aromatic heterocycles. The lowest BCUT2D eigenvalue weighted by atomic mass is 10.0. The number of hydrogen-bond donors (Lipinski definition) is 1. The standard InChI is InChI=1S/C10H10O4/c1-13-8-4-2-3-6-7(10(11)12)5-14-9(6)8/h2-4,7H,5H2,1H3,(H,11,12). The normalized spacial score (nSPS) is 18.5. The molecule has 4 nitrogen and oxygen atoms in total. The molecule has 74 valence electrons. The van der Waals surface area contributed by atoms with Crippen LogP contribution >= 0.6 is 0 Å². The van der Waals surface area contributed by atoms with Crippen molar-refractivity contribution in [2.75, 3.05) is 13.7 Å². The smallest absolute Gasteiger partial charge is 0.314 e. The Morgan fingerprint density at radius 2 is 2.43 bits per heavy atom. The number of fused-ring (bicyclic) bond motifs is 1. The quantitative estimate of drug-likeness (QED) is 0.769. The van der Waals surface area contributed by atoms with Crippen molar-refractivity contribution >= 4 is 5.97 Å². The number of methoxy groups -OCH3 is 1. The minimum atomic E-state index is -0.864. The highest BCUT2D eigenvalue weighted by molar-refractivity contribution is 5.79. The molecule has 1 aromatic rings. The number of benzene rings is 1. The Morgan fingerprint density at radius 3 is 3.07 bits per heavy atom. The first-order chi connectivity index (χ1) is 6.74. The zero-order valence-electron chi connectivity index (χ0n) is 7.69. The maximum Gasteiger partial charge on any atom is 0.314 e. The number of carboxylic acids is 1. The number of ether oxygens (including phenoxy) is 2. The molecule has 1 aliphatic rings. The highest BCUT2D eigenvalue weighted by Crippen LogP contribution is 2.40. The molecule has 1 aliphatic heterocycles. The van der Waals surface area contributed by atoms with Gasteiger partial charge in [-0.1, -0.05) is 12.1 Å². The zero-order chi connectivity index (χ0) is 10.1. The van der Waals surface area contributed by atoms with E-state index in [-0.39, 0.29) is 6.61 Å². The van der Waals surface area contributed by atoms with Gasteiger partial charge in [-0.25, -0.2) is 0 Å². The molecule has 0 aliphatic carbocycles. The first-order valence-electron chi connectivity index (χ1n) is 4.26. The summed E-state index contributed by atoms with van der Waals surface area (Å²) in [5.41, 5.74) is 0.692. The minimum Gasteiger partial charge on any atom is -0.493 e. The Balaban J connectivity index is 2.46. The monoisotopic (exact) mass is 194 g/mol. The summed E-state index contributed by atoms with van der Waals surface area (Å²) in [6.07, 6.45) is 0.